The molecule has 0 fully saturated rings. The topological polar surface area (TPSA) is 90.8 Å². The Kier molecular flexibility index (Phi) is 6.83. The molecule has 0 unspecified atom stereocenters. The zero-order chi connectivity index (χ0) is 15.0. The van der Waals surface area contributed by atoms with Crippen LogP contribution < -0.4 is 16.4 Å². The van der Waals surface area contributed by atoms with Gasteiger partial charge < -0.3 is 25.8 Å². The quantitative estimate of drug-likeness (QED) is 0.517. The van der Waals surface area contributed by atoms with Gasteiger partial charge in [0.15, 0.2) is 0 Å². The third kappa shape index (κ3) is 4.71. The number of nitrogen functional groups attached to an aromatic ring is 1. The lowest BCUT2D eigenvalue weighted by Crippen LogP contribution is -2.31. The summed E-state index contributed by atoms with van der Waals surface area (Å²) < 4.78 is 10.2. The van der Waals surface area contributed by atoms with Crippen LogP contribution in [0, 0.1) is 0 Å². The fourth-order valence-electron chi connectivity index (χ4n) is 1.97. The summed E-state index contributed by atoms with van der Waals surface area (Å²) in [5.74, 6) is -0.464. The lowest BCUT2D eigenvalue weighted by Gasteiger charge is -2.26. The van der Waals surface area contributed by atoms with Crippen molar-refractivity contribution in [1.82, 2.24) is 0 Å². The van der Waals surface area contributed by atoms with Gasteiger partial charge in [-0.1, -0.05) is 0 Å². The molecule has 0 saturated heterocycles. The highest BCUT2D eigenvalue weighted by atomic mass is 16.5. The second-order valence-electron chi connectivity index (χ2n) is 4.47. The predicted molar refractivity (Wildman–Crippen MR) is 80.0 cm³/mol. The van der Waals surface area contributed by atoms with Crippen LogP contribution in [0.5, 0.6) is 0 Å². The monoisotopic (exact) mass is 281 g/mol. The number of nitrogens with two attached hydrogens (primary N) is 2. The third-order valence-corrected chi connectivity index (χ3v) is 2.97. The van der Waals surface area contributed by atoms with Crippen molar-refractivity contribution >= 4 is 17.3 Å². The number of methoxy groups -OCH3 is 2. The summed E-state index contributed by atoms with van der Waals surface area (Å²) in [6.07, 6.45) is 0.840. The summed E-state index contributed by atoms with van der Waals surface area (Å²) in [5.41, 5.74) is 13.0. The van der Waals surface area contributed by atoms with Crippen molar-refractivity contribution in [2.75, 3.05) is 51.2 Å². The number of rotatable bonds is 9. The molecular weight excluding hydrogens is 258 g/mol. The van der Waals surface area contributed by atoms with Gasteiger partial charge in [0.05, 0.1) is 17.9 Å². The van der Waals surface area contributed by atoms with Crippen molar-refractivity contribution in [3.63, 3.8) is 0 Å². The average Bonchev–Trinajstić information content (AvgIpc) is 2.42. The zero-order valence-corrected chi connectivity index (χ0v) is 12.1. The first-order chi connectivity index (χ1) is 9.60. The van der Waals surface area contributed by atoms with Gasteiger partial charge in [-0.2, -0.15) is 0 Å². The van der Waals surface area contributed by atoms with Crippen LogP contribution in [0.15, 0.2) is 18.2 Å². The summed E-state index contributed by atoms with van der Waals surface area (Å²) in [6.45, 7) is 2.60. The Balaban J connectivity index is 2.97. The maximum atomic E-state index is 11.5. The van der Waals surface area contributed by atoms with Crippen molar-refractivity contribution in [2.45, 2.75) is 6.42 Å². The van der Waals surface area contributed by atoms with Crippen LogP contribution in [0.1, 0.15) is 16.8 Å². The zero-order valence-electron chi connectivity index (χ0n) is 12.1. The maximum absolute atomic E-state index is 11.5. The Hall–Kier alpha value is -1.79. The first kappa shape index (κ1) is 16.3. The average molecular weight is 281 g/mol. The molecule has 1 aromatic carbocycles. The number of hydrogen-bond donors (Lipinski definition) is 2. The molecule has 6 nitrogen and oxygen atoms in total. The molecule has 6 heteroatoms. The second kappa shape index (κ2) is 8.39. The van der Waals surface area contributed by atoms with E-state index >= 15 is 0 Å². The van der Waals surface area contributed by atoms with E-state index in [0.29, 0.717) is 31.0 Å². The SMILES string of the molecule is COCCCN(CCOC)c1cc(N)ccc1C(N)=O. The highest BCUT2D eigenvalue weighted by Gasteiger charge is 2.15. The van der Waals surface area contributed by atoms with Crippen molar-refractivity contribution < 1.29 is 14.3 Å². The molecule has 0 bridgehead atoms. The van der Waals surface area contributed by atoms with Crippen LogP contribution >= 0.6 is 0 Å². The molecule has 20 heavy (non-hydrogen) atoms. The van der Waals surface area contributed by atoms with E-state index in [1.165, 1.54) is 0 Å². The summed E-state index contributed by atoms with van der Waals surface area (Å²) in [4.78, 5) is 13.6. The molecule has 0 atom stereocenters. The Morgan fingerprint density at radius 1 is 1.20 bits per heavy atom. The van der Waals surface area contributed by atoms with Gasteiger partial charge >= 0.3 is 0 Å². The number of hydrogen-bond acceptors (Lipinski definition) is 5. The molecule has 0 aliphatic carbocycles. The predicted octanol–water partition coefficient (Wildman–Crippen LogP) is 0.857. The number of ether oxygens (including phenoxy) is 2. The molecule has 4 N–H and O–H groups in total. The molecule has 1 aromatic rings. The van der Waals surface area contributed by atoms with Crippen LogP contribution in [0.4, 0.5) is 11.4 Å². The van der Waals surface area contributed by atoms with Crippen LogP contribution in [-0.4, -0.2) is 46.4 Å². The third-order valence-electron chi connectivity index (χ3n) is 2.97. The van der Waals surface area contributed by atoms with E-state index in [1.54, 1.807) is 32.4 Å². The van der Waals surface area contributed by atoms with Gasteiger partial charge in [-0.15, -0.1) is 0 Å². The van der Waals surface area contributed by atoms with Crippen LogP contribution in [-0.2, 0) is 9.47 Å². The van der Waals surface area contributed by atoms with E-state index in [1.807, 2.05) is 4.90 Å². The van der Waals surface area contributed by atoms with E-state index in [0.717, 1.165) is 18.7 Å². The van der Waals surface area contributed by atoms with Gasteiger partial charge in [-0.25, -0.2) is 0 Å². The summed E-state index contributed by atoms with van der Waals surface area (Å²) in [6, 6.07) is 5.10. The minimum absolute atomic E-state index is 0.464. The fourth-order valence-corrected chi connectivity index (χ4v) is 1.97. The van der Waals surface area contributed by atoms with Gasteiger partial charge in [-0.05, 0) is 24.6 Å². The molecule has 1 rings (SSSR count). The van der Waals surface area contributed by atoms with Gasteiger partial charge in [0.1, 0.15) is 0 Å². The lowest BCUT2D eigenvalue weighted by molar-refractivity contribution is 0.100. The number of carbonyl (C=O) groups is 1. The number of amides is 1. The van der Waals surface area contributed by atoms with Crippen molar-refractivity contribution in [2.24, 2.45) is 5.73 Å². The van der Waals surface area contributed by atoms with E-state index in [9.17, 15) is 4.79 Å². The van der Waals surface area contributed by atoms with Crippen LogP contribution in [0.25, 0.3) is 0 Å². The molecule has 0 aliphatic rings. The number of benzene rings is 1. The van der Waals surface area contributed by atoms with Gasteiger partial charge in [0.25, 0.3) is 5.91 Å². The highest BCUT2D eigenvalue weighted by Crippen LogP contribution is 2.23. The Labute approximate surface area is 119 Å². The lowest BCUT2D eigenvalue weighted by atomic mass is 10.1. The Morgan fingerprint density at radius 2 is 1.90 bits per heavy atom. The van der Waals surface area contributed by atoms with E-state index in [2.05, 4.69) is 0 Å². The molecule has 1 amide bonds. The molecule has 0 heterocycles. The molecule has 0 spiro atoms. The maximum Gasteiger partial charge on any atom is 0.250 e. The van der Waals surface area contributed by atoms with E-state index in [4.69, 9.17) is 20.9 Å². The minimum Gasteiger partial charge on any atom is -0.399 e. The standard InChI is InChI=1S/C14H23N3O3/c1-19-8-3-6-17(7-9-20-2)13-10-11(15)4-5-12(13)14(16)18/h4-5,10H,3,6-9,15H2,1-2H3,(H2,16,18). The molecular formula is C14H23N3O3. The van der Waals surface area contributed by atoms with Crippen molar-refractivity contribution in [1.29, 1.82) is 0 Å². The molecule has 0 aromatic heterocycles. The smallest absolute Gasteiger partial charge is 0.250 e. The summed E-state index contributed by atoms with van der Waals surface area (Å²) in [7, 11) is 3.30. The first-order valence-electron chi connectivity index (χ1n) is 6.52. The number of primary amides is 1. The largest absolute Gasteiger partial charge is 0.399 e. The van der Waals surface area contributed by atoms with Crippen LogP contribution in [0.2, 0.25) is 0 Å². The first-order valence-corrected chi connectivity index (χ1v) is 6.52. The molecule has 0 radical (unpaired) electrons. The van der Waals surface area contributed by atoms with Gasteiger partial charge in [0, 0.05) is 39.6 Å². The van der Waals surface area contributed by atoms with Gasteiger partial charge in [0.2, 0.25) is 0 Å². The Morgan fingerprint density at radius 3 is 2.50 bits per heavy atom. The summed E-state index contributed by atoms with van der Waals surface area (Å²) in [5, 5.41) is 0. The summed E-state index contributed by atoms with van der Waals surface area (Å²) >= 11 is 0. The van der Waals surface area contributed by atoms with Crippen molar-refractivity contribution in [3.8, 4) is 0 Å². The Bertz CT molecular complexity index is 438. The number of nitrogens with zero attached hydrogens (tertiary/aromatic N) is 1. The van der Waals surface area contributed by atoms with E-state index in [-0.39, 0.29) is 0 Å². The molecule has 0 aliphatic heterocycles. The normalized spacial score (nSPS) is 10.5. The van der Waals surface area contributed by atoms with E-state index < -0.39 is 5.91 Å². The minimum atomic E-state index is -0.464. The van der Waals surface area contributed by atoms with Crippen LogP contribution in [0.3, 0.4) is 0 Å². The number of anilines is 2. The van der Waals surface area contributed by atoms with Crippen molar-refractivity contribution in [3.05, 3.63) is 23.8 Å². The second-order valence-corrected chi connectivity index (χ2v) is 4.47. The molecule has 112 valence electrons. The fraction of sp³-hybridized carbons (Fsp3) is 0.500. The molecule has 0 saturated carbocycles. The van der Waals surface area contributed by atoms with Gasteiger partial charge in [-0.3, -0.25) is 4.79 Å². The number of carbonyl (C=O) groups excluding carboxylic acids is 1. The highest BCUT2D eigenvalue weighted by molar-refractivity contribution is 5.99.